The minimum atomic E-state index is -0.120. The highest BCUT2D eigenvalue weighted by atomic mass is 79.9. The van der Waals surface area contributed by atoms with Crippen LogP contribution in [-0.4, -0.2) is 0 Å². The van der Waals surface area contributed by atoms with Gasteiger partial charge in [-0.05, 0) is 103 Å². The number of nitrogens with zero attached hydrogens (tertiary/aromatic N) is 2. The highest BCUT2D eigenvalue weighted by Gasteiger charge is 2.38. The number of hydrogen-bond acceptors (Lipinski definition) is 3. The summed E-state index contributed by atoms with van der Waals surface area (Å²) >= 11 is 7.60. The fourth-order valence-corrected chi connectivity index (χ4v) is 8.09. The third kappa shape index (κ3) is 4.74. The minimum absolute atomic E-state index is 0.120. The second-order valence-corrected chi connectivity index (χ2v) is 15.0. The van der Waals surface area contributed by atoms with Crippen molar-refractivity contribution in [2.75, 3.05) is 9.80 Å². The number of rotatable bonds is 4. The van der Waals surface area contributed by atoms with E-state index >= 15 is 0 Å². The zero-order chi connectivity index (χ0) is 32.5. The fourth-order valence-electron chi connectivity index (χ4n) is 7.43. The van der Waals surface area contributed by atoms with Crippen molar-refractivity contribution in [3.05, 3.63) is 165 Å². The summed E-state index contributed by atoms with van der Waals surface area (Å²) in [6.45, 7) is 9.23. The monoisotopic (exact) mass is 740 g/mol. The van der Waals surface area contributed by atoms with Crippen LogP contribution >= 0.6 is 31.9 Å². The maximum atomic E-state index is 6.79. The van der Waals surface area contributed by atoms with Crippen molar-refractivity contribution < 1.29 is 4.74 Å². The van der Waals surface area contributed by atoms with E-state index in [9.17, 15) is 0 Å². The molecule has 0 unspecified atom stereocenters. The van der Waals surface area contributed by atoms with Gasteiger partial charge in [0.1, 0.15) is 11.5 Å². The van der Waals surface area contributed by atoms with Crippen molar-refractivity contribution in [3.63, 3.8) is 0 Å². The zero-order valence-electron chi connectivity index (χ0n) is 26.8. The lowest BCUT2D eigenvalue weighted by molar-refractivity contribution is 0.477. The Morgan fingerprint density at radius 1 is 0.426 bits per heavy atom. The quantitative estimate of drug-likeness (QED) is 0.179. The fraction of sp³-hybridized carbons (Fsp3) is 0.143. The predicted molar refractivity (Wildman–Crippen MR) is 202 cm³/mol. The number of ether oxygens (including phenoxy) is 1. The molecule has 0 amide bonds. The summed E-state index contributed by atoms with van der Waals surface area (Å²) in [4.78, 5) is 4.70. The predicted octanol–water partition coefficient (Wildman–Crippen LogP) is 13.2. The third-order valence-corrected chi connectivity index (χ3v) is 11.1. The number of anilines is 6. The molecule has 2 aliphatic heterocycles. The summed E-state index contributed by atoms with van der Waals surface area (Å²) in [5, 5.41) is 0. The van der Waals surface area contributed by atoms with Crippen LogP contribution in [0.5, 0.6) is 11.5 Å². The van der Waals surface area contributed by atoms with Crippen molar-refractivity contribution in [1.82, 2.24) is 0 Å². The summed E-state index contributed by atoms with van der Waals surface area (Å²) in [5.41, 5.74) is 11.7. The van der Waals surface area contributed by atoms with Gasteiger partial charge in [0.2, 0.25) is 0 Å². The Balaban J connectivity index is 1.22. The maximum absolute atomic E-state index is 6.79. The van der Waals surface area contributed by atoms with Gasteiger partial charge < -0.3 is 14.5 Å². The van der Waals surface area contributed by atoms with Crippen LogP contribution in [0.25, 0.3) is 0 Å². The number of benzene rings is 6. The highest BCUT2D eigenvalue weighted by molar-refractivity contribution is 9.11. The Kier molecular flexibility index (Phi) is 7.12. The molecule has 2 heterocycles. The number of para-hydroxylation sites is 4. The van der Waals surface area contributed by atoms with Gasteiger partial charge in [-0.2, -0.15) is 0 Å². The van der Waals surface area contributed by atoms with Crippen molar-refractivity contribution >= 4 is 66.0 Å². The summed E-state index contributed by atoms with van der Waals surface area (Å²) in [6, 6.07) is 47.5. The van der Waals surface area contributed by atoms with E-state index in [-0.39, 0.29) is 10.8 Å². The summed E-state index contributed by atoms with van der Waals surface area (Å²) in [7, 11) is 0. The summed E-state index contributed by atoms with van der Waals surface area (Å²) in [5.74, 6) is 1.47. The van der Waals surface area contributed by atoms with Crippen LogP contribution in [-0.2, 0) is 10.8 Å². The average molecular weight is 743 g/mol. The molecule has 0 saturated heterocycles. The largest absolute Gasteiger partial charge is 0.455 e. The Morgan fingerprint density at radius 3 is 1.04 bits per heavy atom. The first-order chi connectivity index (χ1) is 22.7. The normalized spacial score (nSPS) is 15.3. The molecule has 0 bridgehead atoms. The molecule has 0 radical (unpaired) electrons. The molecule has 6 aromatic carbocycles. The Hall–Kier alpha value is -4.32. The highest BCUT2D eigenvalue weighted by Crippen LogP contribution is 2.54. The van der Waals surface area contributed by atoms with Crippen molar-refractivity contribution in [1.29, 1.82) is 0 Å². The maximum Gasteiger partial charge on any atom is 0.143 e. The van der Waals surface area contributed by atoms with Gasteiger partial charge in [0.15, 0.2) is 0 Å². The lowest BCUT2D eigenvalue weighted by atomic mass is 9.73. The molecule has 0 atom stereocenters. The first kappa shape index (κ1) is 30.0. The van der Waals surface area contributed by atoms with Gasteiger partial charge in [0.25, 0.3) is 0 Å². The molecule has 0 aromatic heterocycles. The molecule has 2 aliphatic rings. The molecule has 0 fully saturated rings. The first-order valence-corrected chi connectivity index (χ1v) is 17.5. The molecular formula is C42H34Br2N2O. The van der Waals surface area contributed by atoms with E-state index in [1.165, 1.54) is 45.0 Å². The van der Waals surface area contributed by atoms with E-state index in [1.54, 1.807) is 0 Å². The van der Waals surface area contributed by atoms with Gasteiger partial charge in [0, 0.05) is 34.3 Å². The van der Waals surface area contributed by atoms with Gasteiger partial charge in [-0.3, -0.25) is 0 Å². The van der Waals surface area contributed by atoms with E-state index in [4.69, 9.17) is 4.74 Å². The Morgan fingerprint density at radius 2 is 0.723 bits per heavy atom. The van der Waals surface area contributed by atoms with E-state index in [0.717, 1.165) is 31.8 Å². The molecule has 6 aromatic rings. The van der Waals surface area contributed by atoms with Crippen molar-refractivity contribution in [2.24, 2.45) is 0 Å². The number of hydrogen-bond donors (Lipinski definition) is 0. The van der Waals surface area contributed by atoms with E-state index in [1.807, 2.05) is 0 Å². The summed E-state index contributed by atoms with van der Waals surface area (Å²) in [6.07, 6.45) is 0. The van der Waals surface area contributed by atoms with Gasteiger partial charge in [-0.15, -0.1) is 0 Å². The molecule has 3 nitrogen and oxygen atoms in total. The standard InChI is InChI=1S/C42H34Br2N2O/c1-41(2)29-13-5-9-17-35(29)45(36-18-10-6-14-30(36)41)27-21-23-33(43)39(25-27)47-40-26-28(22-24-34(40)44)46-37-19-11-7-15-31(37)42(3,4)32-16-8-12-20-38(32)46/h5-26H,1-4H3. The van der Waals surface area contributed by atoms with Crippen molar-refractivity contribution in [2.45, 2.75) is 38.5 Å². The van der Waals surface area contributed by atoms with Crippen LogP contribution in [0, 0.1) is 0 Å². The summed E-state index contributed by atoms with van der Waals surface area (Å²) < 4.78 is 8.55. The lowest BCUT2D eigenvalue weighted by Gasteiger charge is -2.42. The smallest absolute Gasteiger partial charge is 0.143 e. The van der Waals surface area contributed by atoms with Crippen LogP contribution in [0.15, 0.2) is 142 Å². The van der Waals surface area contributed by atoms with Crippen LogP contribution in [0.4, 0.5) is 34.1 Å². The number of fused-ring (bicyclic) bond motifs is 4. The molecule has 5 heteroatoms. The second kappa shape index (κ2) is 11.1. The van der Waals surface area contributed by atoms with E-state index < -0.39 is 0 Å². The molecule has 0 saturated carbocycles. The first-order valence-electron chi connectivity index (χ1n) is 15.9. The van der Waals surface area contributed by atoms with Gasteiger partial charge in [0.05, 0.1) is 31.7 Å². The third-order valence-electron chi connectivity index (χ3n) is 9.84. The van der Waals surface area contributed by atoms with E-state index in [0.29, 0.717) is 0 Å². The van der Waals surface area contributed by atoms with Crippen LogP contribution in [0.2, 0.25) is 0 Å². The molecule has 0 N–H and O–H groups in total. The van der Waals surface area contributed by atoms with E-state index in [2.05, 4.69) is 203 Å². The van der Waals surface area contributed by atoms with Gasteiger partial charge in [-0.1, -0.05) is 100 Å². The molecule has 8 rings (SSSR count). The Bertz CT molecular complexity index is 1930. The molecular weight excluding hydrogens is 708 g/mol. The molecule has 47 heavy (non-hydrogen) atoms. The van der Waals surface area contributed by atoms with Crippen LogP contribution in [0.1, 0.15) is 49.9 Å². The van der Waals surface area contributed by atoms with Gasteiger partial charge >= 0.3 is 0 Å². The van der Waals surface area contributed by atoms with Crippen molar-refractivity contribution in [3.8, 4) is 11.5 Å². The van der Waals surface area contributed by atoms with Gasteiger partial charge in [-0.25, -0.2) is 0 Å². The zero-order valence-corrected chi connectivity index (χ0v) is 29.9. The minimum Gasteiger partial charge on any atom is -0.455 e. The van der Waals surface area contributed by atoms with Crippen LogP contribution < -0.4 is 14.5 Å². The molecule has 0 spiro atoms. The second-order valence-electron chi connectivity index (χ2n) is 13.3. The lowest BCUT2D eigenvalue weighted by Crippen LogP contribution is -2.30. The SMILES string of the molecule is CC1(C)c2ccccc2N(c2ccc(Br)c(Oc3cc(N4c5ccccc5C(C)(C)c5ccccc54)ccc3Br)c2)c2ccccc21. The molecule has 232 valence electrons. The average Bonchev–Trinajstić information content (AvgIpc) is 3.08. The molecule has 0 aliphatic carbocycles. The topological polar surface area (TPSA) is 15.7 Å². The van der Waals surface area contributed by atoms with Crippen LogP contribution in [0.3, 0.4) is 0 Å². The number of halogens is 2. The Labute approximate surface area is 293 Å².